The number of anilines is 2. The van der Waals surface area contributed by atoms with Gasteiger partial charge in [0, 0.05) is 30.8 Å². The van der Waals surface area contributed by atoms with Crippen molar-refractivity contribution in [1.29, 1.82) is 0 Å². The third-order valence-electron chi connectivity index (χ3n) is 3.59. The van der Waals surface area contributed by atoms with E-state index in [1.54, 1.807) is 24.3 Å². The monoisotopic (exact) mass is 318 g/mol. The molecule has 6 heteroatoms. The van der Waals surface area contributed by atoms with Gasteiger partial charge < -0.3 is 20.2 Å². The van der Waals surface area contributed by atoms with Gasteiger partial charge in [-0.15, -0.1) is 0 Å². The average molecular weight is 318 g/mol. The van der Waals surface area contributed by atoms with Crippen molar-refractivity contribution in [2.75, 3.05) is 17.2 Å². The van der Waals surface area contributed by atoms with Gasteiger partial charge in [0.1, 0.15) is 11.9 Å². The van der Waals surface area contributed by atoms with E-state index in [0.29, 0.717) is 37.2 Å². The third kappa shape index (κ3) is 5.83. The molecular formula is C17H22N2O4. The normalized spacial score (nSPS) is 16.8. The van der Waals surface area contributed by atoms with Crippen LogP contribution in [0, 0.1) is 0 Å². The lowest BCUT2D eigenvalue weighted by Gasteiger charge is -2.11. The van der Waals surface area contributed by atoms with Gasteiger partial charge in [0.05, 0.1) is 0 Å². The molecule has 1 heterocycles. The maximum Gasteiger partial charge on any atom is 0.253 e. The predicted octanol–water partition coefficient (Wildman–Crippen LogP) is 2.50. The van der Waals surface area contributed by atoms with Gasteiger partial charge in [0.15, 0.2) is 0 Å². The molecule has 1 aromatic carbocycles. The maximum atomic E-state index is 11.9. The SMILES string of the molecule is CC(=O)CCCC(=O)Nc1ccc(NC(=O)[C@@H]2CCCO2)cc1. The van der Waals surface area contributed by atoms with Gasteiger partial charge in [0.25, 0.3) is 5.91 Å². The van der Waals surface area contributed by atoms with E-state index >= 15 is 0 Å². The van der Waals surface area contributed by atoms with Crippen molar-refractivity contribution in [3.63, 3.8) is 0 Å². The van der Waals surface area contributed by atoms with Crippen LogP contribution in [0.5, 0.6) is 0 Å². The van der Waals surface area contributed by atoms with E-state index in [-0.39, 0.29) is 23.7 Å². The Morgan fingerprint density at radius 2 is 1.74 bits per heavy atom. The van der Waals surface area contributed by atoms with Crippen LogP contribution in [0.15, 0.2) is 24.3 Å². The summed E-state index contributed by atoms with van der Waals surface area (Å²) in [7, 11) is 0. The quantitative estimate of drug-likeness (QED) is 0.809. The van der Waals surface area contributed by atoms with Crippen LogP contribution in [-0.2, 0) is 19.1 Å². The van der Waals surface area contributed by atoms with Gasteiger partial charge in [-0.25, -0.2) is 0 Å². The summed E-state index contributed by atoms with van der Waals surface area (Å²) < 4.78 is 5.32. The molecule has 1 aliphatic heterocycles. The van der Waals surface area contributed by atoms with Gasteiger partial charge >= 0.3 is 0 Å². The number of hydrogen-bond acceptors (Lipinski definition) is 4. The van der Waals surface area contributed by atoms with Crippen molar-refractivity contribution < 1.29 is 19.1 Å². The van der Waals surface area contributed by atoms with Crippen LogP contribution in [0.3, 0.4) is 0 Å². The van der Waals surface area contributed by atoms with Crippen molar-refractivity contribution in [2.24, 2.45) is 0 Å². The molecule has 1 saturated heterocycles. The van der Waals surface area contributed by atoms with Crippen LogP contribution in [0.25, 0.3) is 0 Å². The van der Waals surface area contributed by atoms with E-state index in [4.69, 9.17) is 4.74 Å². The number of hydrogen-bond donors (Lipinski definition) is 2. The number of Topliss-reactive ketones (excluding diaryl/α,β-unsaturated/α-hetero) is 1. The van der Waals surface area contributed by atoms with Crippen LogP contribution in [-0.4, -0.2) is 30.3 Å². The molecule has 2 rings (SSSR count). The molecule has 6 nitrogen and oxygen atoms in total. The second-order valence-corrected chi connectivity index (χ2v) is 5.67. The molecule has 1 aliphatic rings. The summed E-state index contributed by atoms with van der Waals surface area (Å²) in [5.41, 5.74) is 1.33. The molecule has 0 unspecified atom stereocenters. The summed E-state index contributed by atoms with van der Waals surface area (Å²) in [6.45, 7) is 2.15. The minimum absolute atomic E-state index is 0.0872. The van der Waals surface area contributed by atoms with Crippen molar-refractivity contribution in [1.82, 2.24) is 0 Å². The Kier molecular flexibility index (Phi) is 6.29. The van der Waals surface area contributed by atoms with E-state index in [9.17, 15) is 14.4 Å². The van der Waals surface area contributed by atoms with Crippen molar-refractivity contribution in [2.45, 2.75) is 45.1 Å². The predicted molar refractivity (Wildman–Crippen MR) is 87.2 cm³/mol. The lowest BCUT2D eigenvalue weighted by Crippen LogP contribution is -2.26. The molecule has 0 saturated carbocycles. The first-order valence-electron chi connectivity index (χ1n) is 7.86. The number of carbonyl (C=O) groups is 3. The van der Waals surface area contributed by atoms with E-state index in [0.717, 1.165) is 12.8 Å². The van der Waals surface area contributed by atoms with Crippen LogP contribution in [0.2, 0.25) is 0 Å². The van der Waals surface area contributed by atoms with E-state index in [1.165, 1.54) is 6.92 Å². The Labute approximate surface area is 135 Å². The van der Waals surface area contributed by atoms with Gasteiger partial charge in [-0.3, -0.25) is 9.59 Å². The summed E-state index contributed by atoms with van der Waals surface area (Å²) in [6.07, 6.45) is 2.58. The Hall–Kier alpha value is -2.21. The second-order valence-electron chi connectivity index (χ2n) is 5.67. The minimum atomic E-state index is -0.365. The molecule has 1 atom stereocenters. The molecule has 0 aliphatic carbocycles. The molecule has 124 valence electrons. The van der Waals surface area contributed by atoms with Gasteiger partial charge in [-0.05, 0) is 50.5 Å². The van der Waals surface area contributed by atoms with Gasteiger partial charge in [-0.2, -0.15) is 0 Å². The first-order chi connectivity index (χ1) is 11.0. The molecule has 23 heavy (non-hydrogen) atoms. The molecule has 0 radical (unpaired) electrons. The Morgan fingerprint density at radius 1 is 1.09 bits per heavy atom. The maximum absolute atomic E-state index is 11.9. The van der Waals surface area contributed by atoms with E-state index < -0.39 is 0 Å². The summed E-state index contributed by atoms with van der Waals surface area (Å²) in [4.78, 5) is 34.5. The molecule has 2 amide bonds. The number of nitrogens with one attached hydrogen (secondary N) is 2. The number of ketones is 1. The van der Waals surface area contributed by atoms with E-state index in [2.05, 4.69) is 10.6 Å². The summed E-state index contributed by atoms with van der Waals surface area (Å²) in [5.74, 6) is -0.171. The number of amides is 2. The van der Waals surface area contributed by atoms with Crippen molar-refractivity contribution in [3.8, 4) is 0 Å². The second kappa shape index (κ2) is 8.43. The first kappa shape index (κ1) is 17.1. The molecule has 1 fully saturated rings. The highest BCUT2D eigenvalue weighted by atomic mass is 16.5. The largest absolute Gasteiger partial charge is 0.368 e. The van der Waals surface area contributed by atoms with Crippen LogP contribution >= 0.6 is 0 Å². The van der Waals surface area contributed by atoms with E-state index in [1.807, 2.05) is 0 Å². The Balaban J connectivity index is 1.78. The molecule has 0 aromatic heterocycles. The topological polar surface area (TPSA) is 84.5 Å². The number of carbonyl (C=O) groups excluding carboxylic acids is 3. The summed E-state index contributed by atoms with van der Waals surface area (Å²) >= 11 is 0. The van der Waals surface area contributed by atoms with Crippen molar-refractivity contribution >= 4 is 29.0 Å². The molecule has 0 spiro atoms. The van der Waals surface area contributed by atoms with Crippen LogP contribution in [0.1, 0.15) is 39.0 Å². The van der Waals surface area contributed by atoms with Gasteiger partial charge in [-0.1, -0.05) is 0 Å². The number of ether oxygens (including phenoxy) is 1. The minimum Gasteiger partial charge on any atom is -0.368 e. The van der Waals surface area contributed by atoms with Crippen molar-refractivity contribution in [3.05, 3.63) is 24.3 Å². The van der Waals surface area contributed by atoms with Crippen LogP contribution in [0.4, 0.5) is 11.4 Å². The highest BCUT2D eigenvalue weighted by molar-refractivity contribution is 5.95. The number of benzene rings is 1. The fourth-order valence-electron chi connectivity index (χ4n) is 2.37. The molecular weight excluding hydrogens is 296 g/mol. The first-order valence-corrected chi connectivity index (χ1v) is 7.86. The van der Waals surface area contributed by atoms with Crippen LogP contribution < -0.4 is 10.6 Å². The zero-order valence-corrected chi connectivity index (χ0v) is 13.3. The molecule has 2 N–H and O–H groups in total. The number of rotatable bonds is 7. The standard InChI is InChI=1S/C17H22N2O4/c1-12(20)4-2-6-16(21)18-13-7-9-14(10-8-13)19-17(22)15-5-3-11-23-15/h7-10,15H,2-6,11H2,1H3,(H,18,21)(H,19,22)/t15-/m0/s1. The average Bonchev–Trinajstić information content (AvgIpc) is 3.03. The van der Waals surface area contributed by atoms with Gasteiger partial charge in [0.2, 0.25) is 5.91 Å². The molecule has 1 aromatic rings. The molecule has 0 bridgehead atoms. The zero-order valence-electron chi connectivity index (χ0n) is 13.3. The lowest BCUT2D eigenvalue weighted by atomic mass is 10.2. The smallest absolute Gasteiger partial charge is 0.253 e. The summed E-state index contributed by atoms with van der Waals surface area (Å²) in [5, 5.41) is 5.56. The third-order valence-corrected chi connectivity index (χ3v) is 3.59. The fourth-order valence-corrected chi connectivity index (χ4v) is 2.37. The Bertz CT molecular complexity index is 562. The highest BCUT2D eigenvalue weighted by Gasteiger charge is 2.23. The Morgan fingerprint density at radius 3 is 2.30 bits per heavy atom. The fraction of sp³-hybridized carbons (Fsp3) is 0.471. The summed E-state index contributed by atoms with van der Waals surface area (Å²) in [6, 6.07) is 6.93. The highest BCUT2D eigenvalue weighted by Crippen LogP contribution is 2.17. The lowest BCUT2D eigenvalue weighted by molar-refractivity contribution is -0.124. The zero-order chi connectivity index (χ0) is 16.7.